The van der Waals surface area contributed by atoms with Gasteiger partial charge in [-0.1, -0.05) is 25.4 Å². The van der Waals surface area contributed by atoms with Crippen LogP contribution >= 0.6 is 11.6 Å². The molecule has 1 aliphatic carbocycles. The average molecular weight is 353 g/mol. The molecule has 0 unspecified atom stereocenters. The fraction of sp³-hybridized carbons (Fsp3) is 0.250. The smallest absolute Gasteiger partial charge is 0.238 e. The molecule has 0 fully saturated rings. The third-order valence-corrected chi connectivity index (χ3v) is 4.89. The quantitative estimate of drug-likeness (QED) is 0.847. The summed E-state index contributed by atoms with van der Waals surface area (Å²) in [5, 5.41) is 5.23. The summed E-state index contributed by atoms with van der Waals surface area (Å²) in [7, 11) is -3.73. The topological polar surface area (TPSA) is 89.6 Å². The van der Waals surface area contributed by atoms with Crippen molar-refractivity contribution in [2.24, 2.45) is 16.0 Å². The summed E-state index contributed by atoms with van der Waals surface area (Å²) in [6.45, 7) is 5.55. The molecule has 1 aromatic carbocycles. The first kappa shape index (κ1) is 17.6. The third-order valence-electron chi connectivity index (χ3n) is 3.50. The Morgan fingerprint density at radius 3 is 2.22 bits per heavy atom. The molecule has 1 aromatic rings. The van der Waals surface area contributed by atoms with Crippen LogP contribution in [0, 0.1) is 5.92 Å². The third kappa shape index (κ3) is 3.77. The summed E-state index contributed by atoms with van der Waals surface area (Å²) in [5.74, 6) is -0.151. The second-order valence-corrected chi connectivity index (χ2v) is 7.50. The van der Waals surface area contributed by atoms with E-state index in [1.54, 1.807) is 25.1 Å². The maximum atomic E-state index is 12.1. The van der Waals surface area contributed by atoms with Crippen molar-refractivity contribution in [3.05, 3.63) is 46.5 Å². The van der Waals surface area contributed by atoms with Gasteiger partial charge in [-0.05, 0) is 48.8 Å². The van der Waals surface area contributed by atoms with Crippen LogP contribution in [0.5, 0.6) is 0 Å². The van der Waals surface area contributed by atoms with Crippen molar-refractivity contribution in [1.82, 2.24) is 0 Å². The van der Waals surface area contributed by atoms with Crippen molar-refractivity contribution in [2.45, 2.75) is 25.7 Å². The van der Waals surface area contributed by atoms with Crippen LogP contribution in [-0.4, -0.2) is 19.9 Å². The highest BCUT2D eigenvalue weighted by Crippen LogP contribution is 2.28. The molecule has 2 N–H and O–H groups in total. The number of primary sulfonamides is 1. The second kappa shape index (κ2) is 6.39. The summed E-state index contributed by atoms with van der Waals surface area (Å²) in [6.07, 6.45) is 1.72. The minimum absolute atomic E-state index is 0.0176. The first-order chi connectivity index (χ1) is 10.6. The number of rotatable bonds is 3. The average Bonchev–Trinajstić information content (AvgIpc) is 2.47. The second-order valence-electron chi connectivity index (χ2n) is 5.56. The first-order valence-electron chi connectivity index (χ1n) is 6.96. The molecule has 7 heteroatoms. The fourth-order valence-electron chi connectivity index (χ4n) is 2.12. The SMILES string of the molecule is CC1=C(Cl)C(=O)C(C(C)C)=CC1=Nc1ccc(S(N)(=O)=O)cc1. The Hall–Kier alpha value is -1.76. The lowest BCUT2D eigenvalue weighted by atomic mass is 9.90. The van der Waals surface area contributed by atoms with Crippen LogP contribution in [0.2, 0.25) is 0 Å². The van der Waals surface area contributed by atoms with E-state index in [0.29, 0.717) is 22.5 Å². The van der Waals surface area contributed by atoms with Crippen molar-refractivity contribution in [1.29, 1.82) is 0 Å². The summed E-state index contributed by atoms with van der Waals surface area (Å²) >= 11 is 6.11. The van der Waals surface area contributed by atoms with Gasteiger partial charge in [0.2, 0.25) is 15.8 Å². The molecule has 0 aliphatic heterocycles. The zero-order chi connectivity index (χ0) is 17.4. The van der Waals surface area contributed by atoms with E-state index in [-0.39, 0.29) is 21.6 Å². The van der Waals surface area contributed by atoms with Crippen molar-refractivity contribution in [3.63, 3.8) is 0 Å². The number of nitrogens with two attached hydrogens (primary N) is 1. The van der Waals surface area contributed by atoms with E-state index >= 15 is 0 Å². The van der Waals surface area contributed by atoms with Crippen molar-refractivity contribution >= 4 is 38.8 Å². The number of halogens is 1. The lowest BCUT2D eigenvalue weighted by Crippen LogP contribution is -2.18. The molecule has 0 spiro atoms. The number of carbonyl (C=O) groups is 1. The Morgan fingerprint density at radius 2 is 1.74 bits per heavy atom. The minimum Gasteiger partial charge on any atom is -0.288 e. The molecule has 5 nitrogen and oxygen atoms in total. The summed E-state index contributed by atoms with van der Waals surface area (Å²) in [5.41, 5.74) is 2.32. The van der Waals surface area contributed by atoms with Crippen molar-refractivity contribution in [3.8, 4) is 0 Å². The zero-order valence-electron chi connectivity index (χ0n) is 13.0. The van der Waals surface area contributed by atoms with Gasteiger partial charge < -0.3 is 0 Å². The van der Waals surface area contributed by atoms with Gasteiger partial charge in [0.15, 0.2) is 0 Å². The van der Waals surface area contributed by atoms with Crippen LogP contribution in [0.3, 0.4) is 0 Å². The minimum atomic E-state index is -3.73. The van der Waals surface area contributed by atoms with Gasteiger partial charge in [0.25, 0.3) is 0 Å². The van der Waals surface area contributed by atoms with Crippen LogP contribution < -0.4 is 5.14 Å². The van der Waals surface area contributed by atoms with Gasteiger partial charge >= 0.3 is 0 Å². The molecule has 0 radical (unpaired) electrons. The summed E-state index contributed by atoms with van der Waals surface area (Å²) in [6, 6.07) is 5.87. The lowest BCUT2D eigenvalue weighted by molar-refractivity contribution is -0.112. The highest BCUT2D eigenvalue weighted by molar-refractivity contribution is 7.89. The number of nitrogens with zero attached hydrogens (tertiary/aromatic N) is 1. The number of aliphatic imine (C=N–C) groups is 1. The van der Waals surface area contributed by atoms with Gasteiger partial charge in [-0.3, -0.25) is 4.79 Å². The van der Waals surface area contributed by atoms with Crippen LogP contribution in [0.25, 0.3) is 0 Å². The lowest BCUT2D eigenvalue weighted by Gasteiger charge is -2.18. The van der Waals surface area contributed by atoms with Gasteiger partial charge in [-0.25, -0.2) is 18.5 Å². The predicted octanol–water partition coefficient (Wildman–Crippen LogP) is 3.08. The number of hydrogen-bond acceptors (Lipinski definition) is 4. The largest absolute Gasteiger partial charge is 0.288 e. The highest BCUT2D eigenvalue weighted by atomic mass is 35.5. The molecule has 0 aromatic heterocycles. The van der Waals surface area contributed by atoms with Crippen LogP contribution in [-0.2, 0) is 14.8 Å². The number of benzene rings is 1. The number of hydrogen-bond donors (Lipinski definition) is 1. The number of sulfonamides is 1. The van der Waals surface area contributed by atoms with E-state index in [9.17, 15) is 13.2 Å². The van der Waals surface area contributed by atoms with E-state index in [4.69, 9.17) is 16.7 Å². The standard InChI is InChI=1S/C16H17ClN2O3S/c1-9(2)13-8-14(10(3)15(17)16(13)20)19-11-4-6-12(7-5-11)23(18,21)22/h4-9H,1-3H3,(H2,18,21,22). The van der Waals surface area contributed by atoms with Crippen LogP contribution in [0.15, 0.2) is 56.4 Å². The molecule has 2 rings (SSSR count). The van der Waals surface area contributed by atoms with Gasteiger partial charge in [0.05, 0.1) is 21.3 Å². The molecule has 0 bridgehead atoms. The van der Waals surface area contributed by atoms with Crippen LogP contribution in [0.4, 0.5) is 5.69 Å². The number of Topliss-reactive ketones (excluding diaryl/α,β-unsaturated/α-hetero) is 1. The number of ketones is 1. The van der Waals surface area contributed by atoms with Gasteiger partial charge in [0.1, 0.15) is 0 Å². The number of carbonyl (C=O) groups excluding carboxylic acids is 1. The van der Waals surface area contributed by atoms with Gasteiger partial charge in [-0.2, -0.15) is 0 Å². The molecule has 0 saturated heterocycles. The maximum absolute atomic E-state index is 12.1. The Kier molecular flexibility index (Phi) is 4.89. The van der Waals surface area contributed by atoms with E-state index in [1.807, 2.05) is 13.8 Å². The summed E-state index contributed by atoms with van der Waals surface area (Å²) in [4.78, 5) is 16.6. The molecule has 1 aliphatic rings. The Balaban J connectivity index is 2.47. The zero-order valence-corrected chi connectivity index (χ0v) is 14.6. The fourth-order valence-corrected chi connectivity index (χ4v) is 2.85. The first-order valence-corrected chi connectivity index (χ1v) is 8.88. The van der Waals surface area contributed by atoms with Gasteiger partial charge in [-0.15, -0.1) is 0 Å². The molecule has 0 saturated carbocycles. The van der Waals surface area contributed by atoms with E-state index < -0.39 is 10.0 Å². The van der Waals surface area contributed by atoms with Crippen LogP contribution in [0.1, 0.15) is 20.8 Å². The highest BCUT2D eigenvalue weighted by Gasteiger charge is 2.25. The van der Waals surface area contributed by atoms with E-state index in [1.165, 1.54) is 12.1 Å². The Bertz CT molecular complexity index is 848. The van der Waals surface area contributed by atoms with Gasteiger partial charge in [0, 0.05) is 5.57 Å². The number of allylic oxidation sites excluding steroid dienone is 4. The van der Waals surface area contributed by atoms with E-state index in [2.05, 4.69) is 4.99 Å². The predicted molar refractivity (Wildman–Crippen MR) is 91.4 cm³/mol. The molecular weight excluding hydrogens is 336 g/mol. The molecule has 0 amide bonds. The Labute approximate surface area is 140 Å². The maximum Gasteiger partial charge on any atom is 0.238 e. The monoisotopic (exact) mass is 352 g/mol. The molecule has 23 heavy (non-hydrogen) atoms. The normalized spacial score (nSPS) is 17.9. The molecular formula is C16H17ClN2O3S. The molecule has 122 valence electrons. The Morgan fingerprint density at radius 1 is 1.17 bits per heavy atom. The van der Waals surface area contributed by atoms with Crippen molar-refractivity contribution < 1.29 is 13.2 Å². The summed E-state index contributed by atoms with van der Waals surface area (Å²) < 4.78 is 22.5. The molecule has 0 atom stereocenters. The van der Waals surface area contributed by atoms with Crippen molar-refractivity contribution in [2.75, 3.05) is 0 Å². The molecule has 0 heterocycles. The van der Waals surface area contributed by atoms with E-state index in [0.717, 1.165) is 0 Å².